The van der Waals surface area contributed by atoms with Crippen LogP contribution in [0.1, 0.15) is 44.7 Å². The molecule has 7 heteroatoms. The largest absolute Gasteiger partial charge is 0.392 e. The van der Waals surface area contributed by atoms with Gasteiger partial charge >= 0.3 is 0 Å². The summed E-state index contributed by atoms with van der Waals surface area (Å²) < 4.78 is 28.2. The number of oxime groups is 1. The number of aliphatic hydroxyl groups is 1. The zero-order valence-corrected chi connectivity index (χ0v) is 16.3. The van der Waals surface area contributed by atoms with Crippen molar-refractivity contribution in [2.75, 3.05) is 12.9 Å². The number of hydrogen-bond donors (Lipinski definition) is 1. The standard InChI is InChI=1S/C19H25NO5S/c1-5-7-14-8-10-15(11-9-14)17-12-16(25-20-17)13-19(3,26(4,22)23)18(21)24-6-2/h8-11,16,18,21H,6,12-13H2,1-4H3/t16-,18?,19-/m1/s1. The molecule has 1 unspecified atom stereocenters. The van der Waals surface area contributed by atoms with Crippen LogP contribution in [0.4, 0.5) is 0 Å². The zero-order chi connectivity index (χ0) is 19.4. The van der Waals surface area contributed by atoms with Crippen LogP contribution in [0.25, 0.3) is 0 Å². The van der Waals surface area contributed by atoms with E-state index in [4.69, 9.17) is 9.57 Å². The highest BCUT2D eigenvalue weighted by molar-refractivity contribution is 7.92. The number of sulfone groups is 1. The van der Waals surface area contributed by atoms with Gasteiger partial charge in [0.15, 0.2) is 16.1 Å². The van der Waals surface area contributed by atoms with E-state index in [9.17, 15) is 13.5 Å². The van der Waals surface area contributed by atoms with E-state index in [1.54, 1.807) is 13.8 Å². The Hall–Kier alpha value is -1.88. The maximum absolute atomic E-state index is 12.3. The number of nitrogens with zero attached hydrogens (tertiary/aromatic N) is 1. The highest BCUT2D eigenvalue weighted by atomic mass is 32.2. The summed E-state index contributed by atoms with van der Waals surface area (Å²) in [5.74, 6) is 5.82. The minimum Gasteiger partial charge on any atom is -0.392 e. The van der Waals surface area contributed by atoms with Gasteiger partial charge in [0.05, 0.1) is 5.71 Å². The molecule has 0 aromatic heterocycles. The maximum atomic E-state index is 12.3. The number of rotatable bonds is 7. The van der Waals surface area contributed by atoms with E-state index in [0.29, 0.717) is 6.42 Å². The maximum Gasteiger partial charge on any atom is 0.174 e. The molecule has 0 aliphatic carbocycles. The van der Waals surface area contributed by atoms with Crippen molar-refractivity contribution in [1.82, 2.24) is 0 Å². The summed E-state index contributed by atoms with van der Waals surface area (Å²) in [4.78, 5) is 5.45. The van der Waals surface area contributed by atoms with Crippen molar-refractivity contribution in [3.05, 3.63) is 35.4 Å². The molecule has 1 aromatic carbocycles. The van der Waals surface area contributed by atoms with Gasteiger partial charge in [0.2, 0.25) is 0 Å². The van der Waals surface area contributed by atoms with Gasteiger partial charge in [-0.05, 0) is 38.5 Å². The van der Waals surface area contributed by atoms with Crippen LogP contribution in [0.5, 0.6) is 0 Å². The van der Waals surface area contributed by atoms with E-state index in [-0.39, 0.29) is 13.0 Å². The lowest BCUT2D eigenvalue weighted by molar-refractivity contribution is -0.124. The molecule has 26 heavy (non-hydrogen) atoms. The SMILES string of the molecule is CC#Cc1ccc(C2=NO[C@@H](C[C@](C)(C(O)OCC)S(C)(=O)=O)C2)cc1. The van der Waals surface area contributed by atoms with Gasteiger partial charge < -0.3 is 14.7 Å². The number of aliphatic hydroxyl groups excluding tert-OH is 1. The third kappa shape index (κ3) is 4.44. The molecular formula is C19H25NO5S. The van der Waals surface area contributed by atoms with E-state index in [1.165, 1.54) is 6.92 Å². The summed E-state index contributed by atoms with van der Waals surface area (Å²) in [7, 11) is -3.59. The number of benzene rings is 1. The second-order valence-electron chi connectivity index (χ2n) is 6.52. The van der Waals surface area contributed by atoms with E-state index in [2.05, 4.69) is 17.0 Å². The second-order valence-corrected chi connectivity index (χ2v) is 9.00. The Morgan fingerprint density at radius 1 is 1.42 bits per heavy atom. The first kappa shape index (κ1) is 20.4. The molecule has 0 fully saturated rings. The Kier molecular flexibility index (Phi) is 6.45. The predicted molar refractivity (Wildman–Crippen MR) is 101 cm³/mol. The van der Waals surface area contributed by atoms with Crippen LogP contribution >= 0.6 is 0 Å². The minimum atomic E-state index is -3.59. The normalized spacial score (nSPS) is 20.3. The first-order valence-electron chi connectivity index (χ1n) is 8.46. The van der Waals surface area contributed by atoms with Gasteiger partial charge in [-0.2, -0.15) is 0 Å². The molecular weight excluding hydrogens is 354 g/mol. The lowest BCUT2D eigenvalue weighted by Crippen LogP contribution is -2.49. The van der Waals surface area contributed by atoms with Gasteiger partial charge in [0.25, 0.3) is 0 Å². The first-order valence-corrected chi connectivity index (χ1v) is 10.4. The summed E-state index contributed by atoms with van der Waals surface area (Å²) >= 11 is 0. The lowest BCUT2D eigenvalue weighted by Gasteiger charge is -2.33. The Morgan fingerprint density at radius 3 is 2.62 bits per heavy atom. The van der Waals surface area contributed by atoms with Gasteiger partial charge in [0, 0.05) is 31.3 Å². The van der Waals surface area contributed by atoms with Gasteiger partial charge in [-0.25, -0.2) is 8.42 Å². The average Bonchev–Trinajstić information content (AvgIpc) is 3.03. The van der Waals surface area contributed by atoms with Crippen molar-refractivity contribution < 1.29 is 23.1 Å². The quantitative estimate of drug-likeness (QED) is 0.579. The first-order chi connectivity index (χ1) is 12.2. The van der Waals surface area contributed by atoms with Crippen molar-refractivity contribution in [2.24, 2.45) is 5.16 Å². The number of hydrogen-bond acceptors (Lipinski definition) is 6. The van der Waals surface area contributed by atoms with E-state index < -0.39 is 27.0 Å². The summed E-state index contributed by atoms with van der Waals surface area (Å²) in [5, 5.41) is 14.3. The van der Waals surface area contributed by atoms with Crippen molar-refractivity contribution in [2.45, 2.75) is 50.8 Å². The Bertz CT molecular complexity index is 820. The van der Waals surface area contributed by atoms with E-state index in [0.717, 1.165) is 23.1 Å². The molecule has 1 aliphatic rings. The zero-order valence-electron chi connectivity index (χ0n) is 15.5. The topological polar surface area (TPSA) is 85.2 Å². The minimum absolute atomic E-state index is 0.0827. The number of ether oxygens (including phenoxy) is 1. The highest BCUT2D eigenvalue weighted by Crippen LogP contribution is 2.32. The van der Waals surface area contributed by atoms with Crippen LogP contribution in [0, 0.1) is 11.8 Å². The Balaban J connectivity index is 2.11. The Morgan fingerprint density at radius 2 is 2.08 bits per heavy atom. The fourth-order valence-corrected chi connectivity index (χ4v) is 3.74. The highest BCUT2D eigenvalue weighted by Gasteiger charge is 2.47. The second kappa shape index (κ2) is 8.21. The summed E-state index contributed by atoms with van der Waals surface area (Å²) in [6.45, 7) is 5.17. The summed E-state index contributed by atoms with van der Waals surface area (Å²) in [6.07, 6.45) is -0.237. The van der Waals surface area contributed by atoms with Crippen molar-refractivity contribution in [3.63, 3.8) is 0 Å². The fourth-order valence-electron chi connectivity index (χ4n) is 2.82. The van der Waals surface area contributed by atoms with Crippen LogP contribution in [0.2, 0.25) is 0 Å². The summed E-state index contributed by atoms with van der Waals surface area (Å²) in [5.41, 5.74) is 2.56. The van der Waals surface area contributed by atoms with Gasteiger partial charge in [-0.15, -0.1) is 5.92 Å². The molecule has 6 nitrogen and oxygen atoms in total. The molecule has 142 valence electrons. The molecule has 1 N–H and O–H groups in total. The molecule has 0 spiro atoms. The van der Waals surface area contributed by atoms with Gasteiger partial charge in [-0.3, -0.25) is 0 Å². The predicted octanol–water partition coefficient (Wildman–Crippen LogP) is 2.10. The lowest BCUT2D eigenvalue weighted by atomic mass is 9.96. The van der Waals surface area contributed by atoms with Crippen molar-refractivity contribution in [1.29, 1.82) is 0 Å². The molecule has 3 atom stereocenters. The van der Waals surface area contributed by atoms with Crippen molar-refractivity contribution >= 4 is 15.5 Å². The third-order valence-electron chi connectivity index (χ3n) is 4.55. The van der Waals surface area contributed by atoms with Crippen LogP contribution in [0.15, 0.2) is 29.4 Å². The monoisotopic (exact) mass is 379 g/mol. The molecule has 0 saturated heterocycles. The molecule has 0 bridgehead atoms. The average molecular weight is 379 g/mol. The molecule has 0 amide bonds. The molecule has 1 heterocycles. The molecule has 0 saturated carbocycles. The smallest absolute Gasteiger partial charge is 0.174 e. The van der Waals surface area contributed by atoms with Crippen LogP contribution in [-0.2, 0) is 19.4 Å². The van der Waals surface area contributed by atoms with Crippen LogP contribution in [-0.4, -0.2) is 49.2 Å². The summed E-state index contributed by atoms with van der Waals surface area (Å²) in [6, 6.07) is 7.63. The molecule has 0 radical (unpaired) electrons. The van der Waals surface area contributed by atoms with Gasteiger partial charge in [0.1, 0.15) is 10.9 Å². The van der Waals surface area contributed by atoms with Crippen LogP contribution in [0.3, 0.4) is 0 Å². The fraction of sp³-hybridized carbons (Fsp3) is 0.526. The van der Waals surface area contributed by atoms with Crippen molar-refractivity contribution in [3.8, 4) is 11.8 Å². The van der Waals surface area contributed by atoms with Crippen LogP contribution < -0.4 is 0 Å². The van der Waals surface area contributed by atoms with Gasteiger partial charge in [-0.1, -0.05) is 23.2 Å². The molecule has 1 aromatic rings. The molecule has 2 rings (SSSR count). The Labute approximate surface area is 155 Å². The molecule has 1 aliphatic heterocycles. The van der Waals surface area contributed by atoms with E-state index in [1.807, 2.05) is 24.3 Å². The van der Waals surface area contributed by atoms with E-state index >= 15 is 0 Å². The third-order valence-corrected chi connectivity index (χ3v) is 6.61.